The van der Waals surface area contributed by atoms with Crippen molar-refractivity contribution in [2.45, 2.75) is 20.0 Å². The predicted octanol–water partition coefficient (Wildman–Crippen LogP) is 2.24. The second-order valence-electron chi connectivity index (χ2n) is 4.14. The monoisotopic (exact) mass is 405 g/mol. The molecule has 2 aromatic rings. The van der Waals surface area contributed by atoms with Gasteiger partial charge in [-0.3, -0.25) is 4.99 Å². The Morgan fingerprint density at radius 3 is 2.70 bits per heavy atom. The van der Waals surface area contributed by atoms with E-state index in [1.54, 1.807) is 18.4 Å². The molecule has 20 heavy (non-hydrogen) atoms. The molecule has 2 N–H and O–H groups in total. The van der Waals surface area contributed by atoms with Crippen LogP contribution in [0.5, 0.6) is 0 Å². The number of aliphatic imine (C=N–C) groups is 1. The molecule has 0 aliphatic carbocycles. The molecule has 110 valence electrons. The van der Waals surface area contributed by atoms with E-state index >= 15 is 0 Å². The van der Waals surface area contributed by atoms with Crippen LogP contribution in [0.1, 0.15) is 9.88 Å². The van der Waals surface area contributed by atoms with Gasteiger partial charge < -0.3 is 15.2 Å². The fourth-order valence-corrected chi connectivity index (χ4v) is 2.41. The van der Waals surface area contributed by atoms with Crippen molar-refractivity contribution in [1.29, 1.82) is 0 Å². The Bertz CT molecular complexity index is 521. The van der Waals surface area contributed by atoms with E-state index in [-0.39, 0.29) is 24.0 Å². The van der Waals surface area contributed by atoms with E-state index in [1.807, 2.05) is 18.3 Å². The zero-order valence-corrected chi connectivity index (χ0v) is 14.8. The van der Waals surface area contributed by atoms with E-state index in [2.05, 4.69) is 44.5 Å². The number of nitrogens with one attached hydrogen (secondary N) is 2. The largest absolute Gasteiger partial charge is 0.355 e. The van der Waals surface area contributed by atoms with E-state index in [0.29, 0.717) is 6.54 Å². The van der Waals surface area contributed by atoms with Gasteiger partial charge in [-0.25, -0.2) is 4.98 Å². The SMILES string of the molecule is CN=C(NCCn1cccc1)NCc1ncc(C)s1.I. The molecule has 2 heterocycles. The normalized spacial score (nSPS) is 11.0. The van der Waals surface area contributed by atoms with Gasteiger partial charge in [0.05, 0.1) is 6.54 Å². The summed E-state index contributed by atoms with van der Waals surface area (Å²) in [5.41, 5.74) is 0. The van der Waals surface area contributed by atoms with Crippen LogP contribution in [-0.4, -0.2) is 29.1 Å². The van der Waals surface area contributed by atoms with Crippen LogP contribution in [0.25, 0.3) is 0 Å². The molecule has 0 atom stereocenters. The number of guanidine groups is 1. The van der Waals surface area contributed by atoms with Crippen LogP contribution in [0.4, 0.5) is 0 Å². The maximum absolute atomic E-state index is 4.31. The number of rotatable bonds is 5. The Morgan fingerprint density at radius 1 is 1.35 bits per heavy atom. The smallest absolute Gasteiger partial charge is 0.191 e. The van der Waals surface area contributed by atoms with Gasteiger partial charge >= 0.3 is 0 Å². The minimum absolute atomic E-state index is 0. The van der Waals surface area contributed by atoms with Crippen LogP contribution < -0.4 is 10.6 Å². The minimum Gasteiger partial charge on any atom is -0.355 e. The molecule has 5 nitrogen and oxygen atoms in total. The van der Waals surface area contributed by atoms with E-state index in [9.17, 15) is 0 Å². The molecule has 0 fully saturated rings. The summed E-state index contributed by atoms with van der Waals surface area (Å²) in [6.45, 7) is 4.53. The third-order valence-electron chi connectivity index (χ3n) is 2.63. The standard InChI is InChI=1S/C13H19N5S.HI/c1-11-9-16-12(19-11)10-17-13(14-2)15-5-8-18-6-3-4-7-18;/h3-4,6-7,9H,5,8,10H2,1-2H3,(H2,14,15,17);1H. The van der Waals surface area contributed by atoms with Gasteiger partial charge in [-0.05, 0) is 19.1 Å². The number of halogens is 1. The van der Waals surface area contributed by atoms with Gasteiger partial charge in [-0.2, -0.15) is 0 Å². The molecule has 7 heteroatoms. The second kappa shape index (κ2) is 8.96. The third-order valence-corrected chi connectivity index (χ3v) is 3.54. The van der Waals surface area contributed by atoms with E-state index in [4.69, 9.17) is 0 Å². The first-order chi connectivity index (χ1) is 9.28. The van der Waals surface area contributed by atoms with Crippen LogP contribution in [0.3, 0.4) is 0 Å². The average molecular weight is 405 g/mol. The molecule has 0 bridgehead atoms. The van der Waals surface area contributed by atoms with Crippen LogP contribution in [0.15, 0.2) is 35.7 Å². The molecule has 2 aromatic heterocycles. The van der Waals surface area contributed by atoms with E-state index < -0.39 is 0 Å². The Labute approximate surface area is 140 Å². The molecule has 0 aliphatic rings. The lowest BCUT2D eigenvalue weighted by atomic mass is 10.6. The maximum atomic E-state index is 4.31. The van der Waals surface area contributed by atoms with E-state index in [1.165, 1.54) is 4.88 Å². The van der Waals surface area contributed by atoms with Crippen molar-refractivity contribution >= 4 is 41.3 Å². The summed E-state index contributed by atoms with van der Waals surface area (Å²) in [5, 5.41) is 7.61. The van der Waals surface area contributed by atoms with Crippen molar-refractivity contribution in [3.63, 3.8) is 0 Å². The Morgan fingerprint density at radius 2 is 2.10 bits per heavy atom. The fourth-order valence-electron chi connectivity index (χ4n) is 1.69. The average Bonchev–Trinajstić information content (AvgIpc) is 3.05. The van der Waals surface area contributed by atoms with Crippen molar-refractivity contribution in [3.05, 3.63) is 40.6 Å². The van der Waals surface area contributed by atoms with Gasteiger partial charge in [-0.15, -0.1) is 35.3 Å². The highest BCUT2D eigenvalue weighted by molar-refractivity contribution is 14.0. The lowest BCUT2D eigenvalue weighted by molar-refractivity contribution is 0.665. The number of nitrogens with zero attached hydrogens (tertiary/aromatic N) is 3. The highest BCUT2D eigenvalue weighted by Gasteiger charge is 2.01. The van der Waals surface area contributed by atoms with Gasteiger partial charge in [0.2, 0.25) is 0 Å². The number of aryl methyl sites for hydroxylation is 1. The zero-order chi connectivity index (χ0) is 13.5. The van der Waals surface area contributed by atoms with Gasteiger partial charge in [0.25, 0.3) is 0 Å². The highest BCUT2D eigenvalue weighted by Crippen LogP contribution is 2.10. The van der Waals surface area contributed by atoms with Crippen molar-refractivity contribution in [2.24, 2.45) is 4.99 Å². The summed E-state index contributed by atoms with van der Waals surface area (Å²) >= 11 is 1.70. The lowest BCUT2D eigenvalue weighted by Gasteiger charge is -2.11. The molecular formula is C13H20IN5S. The fraction of sp³-hybridized carbons (Fsp3) is 0.385. The predicted molar refractivity (Wildman–Crippen MR) is 94.9 cm³/mol. The number of aromatic nitrogens is 2. The van der Waals surface area contributed by atoms with Crippen LogP contribution >= 0.6 is 35.3 Å². The van der Waals surface area contributed by atoms with Gasteiger partial charge in [-0.1, -0.05) is 0 Å². The molecule has 0 saturated carbocycles. The van der Waals surface area contributed by atoms with Gasteiger partial charge in [0, 0.05) is 43.6 Å². The first-order valence-corrected chi connectivity index (χ1v) is 7.06. The van der Waals surface area contributed by atoms with Crippen molar-refractivity contribution < 1.29 is 0 Å². The third kappa shape index (κ3) is 5.49. The molecule has 0 spiro atoms. The topological polar surface area (TPSA) is 54.2 Å². The van der Waals surface area contributed by atoms with Gasteiger partial charge in [0.15, 0.2) is 5.96 Å². The molecule has 0 saturated heterocycles. The lowest BCUT2D eigenvalue weighted by Crippen LogP contribution is -2.38. The molecule has 2 rings (SSSR count). The van der Waals surface area contributed by atoms with Crippen molar-refractivity contribution in [2.75, 3.05) is 13.6 Å². The first-order valence-electron chi connectivity index (χ1n) is 6.24. The molecule has 0 amide bonds. The Balaban J connectivity index is 0.00000200. The Kier molecular flexibility index (Phi) is 7.60. The van der Waals surface area contributed by atoms with E-state index in [0.717, 1.165) is 24.1 Å². The molecule has 0 radical (unpaired) electrons. The molecule has 0 unspecified atom stereocenters. The quantitative estimate of drug-likeness (QED) is 0.456. The minimum atomic E-state index is 0. The maximum Gasteiger partial charge on any atom is 0.191 e. The van der Waals surface area contributed by atoms with Crippen LogP contribution in [-0.2, 0) is 13.1 Å². The first kappa shape index (κ1) is 17.0. The summed E-state index contributed by atoms with van der Waals surface area (Å²) < 4.78 is 2.13. The molecular weight excluding hydrogens is 385 g/mol. The molecule has 0 aliphatic heterocycles. The van der Waals surface area contributed by atoms with Crippen LogP contribution in [0, 0.1) is 6.92 Å². The van der Waals surface area contributed by atoms with Crippen LogP contribution in [0.2, 0.25) is 0 Å². The summed E-state index contributed by atoms with van der Waals surface area (Å²) in [6, 6.07) is 4.05. The summed E-state index contributed by atoms with van der Waals surface area (Å²) in [7, 11) is 1.78. The highest BCUT2D eigenvalue weighted by atomic mass is 127. The number of hydrogen-bond acceptors (Lipinski definition) is 3. The zero-order valence-electron chi connectivity index (χ0n) is 11.7. The summed E-state index contributed by atoms with van der Waals surface area (Å²) in [6.07, 6.45) is 6.00. The summed E-state index contributed by atoms with van der Waals surface area (Å²) in [4.78, 5) is 9.73. The van der Waals surface area contributed by atoms with Gasteiger partial charge in [0.1, 0.15) is 5.01 Å². The molecule has 0 aromatic carbocycles. The Hall–Kier alpha value is -1.09. The summed E-state index contributed by atoms with van der Waals surface area (Å²) in [5.74, 6) is 0.806. The second-order valence-corrected chi connectivity index (χ2v) is 5.46. The van der Waals surface area contributed by atoms with Crippen molar-refractivity contribution in [1.82, 2.24) is 20.2 Å². The van der Waals surface area contributed by atoms with Crippen molar-refractivity contribution in [3.8, 4) is 0 Å². The number of thiazole rings is 1. The number of hydrogen-bond donors (Lipinski definition) is 2.